The van der Waals surface area contributed by atoms with Gasteiger partial charge in [0.1, 0.15) is 0 Å². The van der Waals surface area contributed by atoms with Gasteiger partial charge >= 0.3 is 0 Å². The van der Waals surface area contributed by atoms with Crippen LogP contribution in [-0.2, 0) is 10.0 Å². The van der Waals surface area contributed by atoms with Crippen LogP contribution >= 0.6 is 0 Å². The molecule has 0 aliphatic heterocycles. The minimum Gasteiger partial charge on any atom is -0.399 e. The minimum absolute atomic E-state index is 0.193. The molecule has 0 aliphatic rings. The molecule has 5 nitrogen and oxygen atoms in total. The lowest BCUT2D eigenvalue weighted by atomic mass is 10.1. The van der Waals surface area contributed by atoms with Crippen molar-refractivity contribution in [3.63, 3.8) is 0 Å². The summed E-state index contributed by atoms with van der Waals surface area (Å²) >= 11 is 0. The van der Waals surface area contributed by atoms with Crippen LogP contribution in [0, 0.1) is 20.8 Å². The second-order valence-corrected chi connectivity index (χ2v) is 6.41. The van der Waals surface area contributed by atoms with E-state index in [-0.39, 0.29) is 4.90 Å². The van der Waals surface area contributed by atoms with E-state index in [1.807, 2.05) is 13.8 Å². The predicted octanol–water partition coefficient (Wildman–Crippen LogP) is 2.39. The van der Waals surface area contributed by atoms with E-state index in [2.05, 4.69) is 9.71 Å². The van der Waals surface area contributed by atoms with Gasteiger partial charge in [0, 0.05) is 11.9 Å². The number of hydrogen-bond donors (Lipinski definition) is 2. The van der Waals surface area contributed by atoms with Gasteiger partial charge in [-0.05, 0) is 55.7 Å². The summed E-state index contributed by atoms with van der Waals surface area (Å²) in [4.78, 5) is 4.12. The molecule has 106 valence electrons. The van der Waals surface area contributed by atoms with Crippen molar-refractivity contribution < 1.29 is 8.42 Å². The maximum Gasteiger partial charge on any atom is 0.262 e. The van der Waals surface area contributed by atoms with E-state index in [1.54, 1.807) is 25.3 Å². The number of nitrogens with zero attached hydrogens (tertiary/aromatic N) is 1. The number of nitrogens with two attached hydrogens (primary N) is 1. The molecule has 0 atom stereocenters. The van der Waals surface area contributed by atoms with Crippen molar-refractivity contribution in [2.45, 2.75) is 25.7 Å². The van der Waals surface area contributed by atoms with E-state index in [4.69, 9.17) is 5.73 Å². The molecule has 1 aromatic heterocycles. The number of sulfonamides is 1. The molecule has 0 saturated carbocycles. The van der Waals surface area contributed by atoms with Crippen LogP contribution in [-0.4, -0.2) is 13.4 Å². The zero-order chi connectivity index (χ0) is 14.9. The lowest BCUT2D eigenvalue weighted by molar-refractivity contribution is 0.600. The number of pyridine rings is 1. The van der Waals surface area contributed by atoms with Gasteiger partial charge in [-0.3, -0.25) is 9.71 Å². The Balaban J connectivity index is 2.49. The normalized spacial score (nSPS) is 11.3. The third kappa shape index (κ3) is 2.75. The summed E-state index contributed by atoms with van der Waals surface area (Å²) < 4.78 is 27.5. The Hall–Kier alpha value is -2.08. The number of aromatic nitrogens is 1. The molecule has 1 aromatic carbocycles. The van der Waals surface area contributed by atoms with Crippen LogP contribution in [0.15, 0.2) is 35.5 Å². The molecule has 0 spiro atoms. The third-order valence-electron chi connectivity index (χ3n) is 3.21. The Morgan fingerprint density at radius 1 is 1.15 bits per heavy atom. The zero-order valence-electron chi connectivity index (χ0n) is 11.6. The lowest BCUT2D eigenvalue weighted by Gasteiger charge is -2.14. The second-order valence-electron chi connectivity index (χ2n) is 4.76. The molecule has 2 rings (SSSR count). The molecular formula is C14H17N3O2S. The highest BCUT2D eigenvalue weighted by molar-refractivity contribution is 7.92. The number of aryl methyl sites for hydroxylation is 2. The molecule has 3 N–H and O–H groups in total. The first kappa shape index (κ1) is 14.3. The highest BCUT2D eigenvalue weighted by atomic mass is 32.2. The van der Waals surface area contributed by atoms with E-state index >= 15 is 0 Å². The maximum absolute atomic E-state index is 12.5. The number of anilines is 2. The first-order chi connectivity index (χ1) is 9.31. The van der Waals surface area contributed by atoms with Crippen molar-refractivity contribution in [1.82, 2.24) is 4.98 Å². The van der Waals surface area contributed by atoms with Gasteiger partial charge in [-0.1, -0.05) is 0 Å². The first-order valence-electron chi connectivity index (χ1n) is 6.11. The summed E-state index contributed by atoms with van der Waals surface area (Å²) in [5, 5.41) is 0. The molecule has 0 amide bonds. The van der Waals surface area contributed by atoms with Crippen molar-refractivity contribution in [2.75, 3.05) is 10.5 Å². The van der Waals surface area contributed by atoms with Crippen LogP contribution in [0.1, 0.15) is 16.7 Å². The molecule has 6 heteroatoms. The minimum atomic E-state index is -3.68. The SMILES string of the molecule is Cc1ccncc1NS(=O)(=O)c1cc(N)cc(C)c1C. The number of nitrogens with one attached hydrogen (secondary N) is 1. The molecule has 0 unspecified atom stereocenters. The van der Waals surface area contributed by atoms with Gasteiger partial charge in [0.2, 0.25) is 0 Å². The molecule has 0 saturated heterocycles. The van der Waals surface area contributed by atoms with Crippen molar-refractivity contribution >= 4 is 21.4 Å². The average molecular weight is 291 g/mol. The molecule has 20 heavy (non-hydrogen) atoms. The highest BCUT2D eigenvalue weighted by Crippen LogP contribution is 2.25. The van der Waals surface area contributed by atoms with E-state index in [0.717, 1.165) is 11.1 Å². The smallest absolute Gasteiger partial charge is 0.262 e. The highest BCUT2D eigenvalue weighted by Gasteiger charge is 2.19. The van der Waals surface area contributed by atoms with Gasteiger partial charge in [0.05, 0.1) is 16.8 Å². The zero-order valence-corrected chi connectivity index (χ0v) is 12.5. The average Bonchev–Trinajstić information content (AvgIpc) is 2.36. The van der Waals surface area contributed by atoms with E-state index in [9.17, 15) is 8.42 Å². The van der Waals surface area contributed by atoms with Crippen molar-refractivity contribution in [1.29, 1.82) is 0 Å². The van der Waals surface area contributed by atoms with Gasteiger partial charge in [0.25, 0.3) is 10.0 Å². The molecule has 1 heterocycles. The van der Waals surface area contributed by atoms with Crippen LogP contribution in [0.3, 0.4) is 0 Å². The third-order valence-corrected chi connectivity index (χ3v) is 4.71. The fraction of sp³-hybridized carbons (Fsp3) is 0.214. The van der Waals surface area contributed by atoms with Gasteiger partial charge in [-0.15, -0.1) is 0 Å². The molecule has 0 aliphatic carbocycles. The first-order valence-corrected chi connectivity index (χ1v) is 7.60. The van der Waals surface area contributed by atoms with Crippen LogP contribution < -0.4 is 10.5 Å². The Kier molecular flexibility index (Phi) is 3.67. The van der Waals surface area contributed by atoms with E-state index < -0.39 is 10.0 Å². The van der Waals surface area contributed by atoms with Gasteiger partial charge in [-0.2, -0.15) is 0 Å². The Morgan fingerprint density at radius 3 is 2.50 bits per heavy atom. The monoisotopic (exact) mass is 291 g/mol. The molecule has 0 fully saturated rings. The fourth-order valence-electron chi connectivity index (χ4n) is 1.90. The quantitative estimate of drug-likeness (QED) is 0.850. The Bertz CT molecular complexity index is 755. The summed E-state index contributed by atoms with van der Waals surface area (Å²) in [6.45, 7) is 5.41. The van der Waals surface area contributed by atoms with Crippen molar-refractivity contribution in [2.24, 2.45) is 0 Å². The van der Waals surface area contributed by atoms with Gasteiger partial charge in [-0.25, -0.2) is 8.42 Å². The van der Waals surface area contributed by atoms with Crippen LogP contribution in [0.25, 0.3) is 0 Å². The summed E-state index contributed by atoms with van der Waals surface area (Å²) in [6.07, 6.45) is 3.10. The molecule has 2 aromatic rings. The van der Waals surface area contributed by atoms with Crippen LogP contribution in [0.2, 0.25) is 0 Å². The summed E-state index contributed by atoms with van der Waals surface area (Å²) in [5.74, 6) is 0. The number of hydrogen-bond acceptors (Lipinski definition) is 4. The Labute approximate surface area is 118 Å². The molecular weight excluding hydrogens is 274 g/mol. The van der Waals surface area contributed by atoms with Gasteiger partial charge in [0.15, 0.2) is 0 Å². The Morgan fingerprint density at radius 2 is 1.85 bits per heavy atom. The molecule has 0 radical (unpaired) electrons. The number of nitrogen functional groups attached to an aromatic ring is 1. The van der Waals surface area contributed by atoms with Crippen molar-refractivity contribution in [3.05, 3.63) is 47.3 Å². The molecule has 0 bridgehead atoms. The number of benzene rings is 1. The lowest BCUT2D eigenvalue weighted by Crippen LogP contribution is -2.16. The van der Waals surface area contributed by atoms with Crippen LogP contribution in [0.4, 0.5) is 11.4 Å². The van der Waals surface area contributed by atoms with Crippen LogP contribution in [0.5, 0.6) is 0 Å². The standard InChI is InChI=1S/C14H17N3O2S/c1-9-4-5-16-8-13(9)17-20(18,19)14-7-12(15)6-10(2)11(14)3/h4-8,17H,15H2,1-3H3. The summed E-state index contributed by atoms with van der Waals surface area (Å²) in [7, 11) is -3.68. The van der Waals surface area contributed by atoms with E-state index in [0.29, 0.717) is 16.9 Å². The summed E-state index contributed by atoms with van der Waals surface area (Å²) in [6, 6.07) is 4.97. The fourth-order valence-corrected chi connectivity index (χ4v) is 3.37. The summed E-state index contributed by atoms with van der Waals surface area (Å²) in [5.41, 5.74) is 8.97. The topological polar surface area (TPSA) is 85.1 Å². The van der Waals surface area contributed by atoms with Crippen molar-refractivity contribution in [3.8, 4) is 0 Å². The van der Waals surface area contributed by atoms with E-state index in [1.165, 1.54) is 12.3 Å². The number of rotatable bonds is 3. The second kappa shape index (κ2) is 5.13. The van der Waals surface area contributed by atoms with Gasteiger partial charge < -0.3 is 5.73 Å². The maximum atomic E-state index is 12.5. The predicted molar refractivity (Wildman–Crippen MR) is 80.1 cm³/mol. The largest absolute Gasteiger partial charge is 0.399 e.